The van der Waals surface area contributed by atoms with Crippen molar-refractivity contribution in [3.63, 3.8) is 0 Å². The standard InChI is InChI=1S/C11H16F2N2O/c1-15-9(4-6-14-15)8-3-2-5-11(12,13)7-10(8)16/h4,6,8,10,16H,2-3,5,7H2,1H3. The lowest BCUT2D eigenvalue weighted by atomic mass is 9.93. The number of hydrogen-bond acceptors (Lipinski definition) is 2. The molecule has 0 radical (unpaired) electrons. The Kier molecular flexibility index (Phi) is 2.97. The first-order valence-corrected chi connectivity index (χ1v) is 5.53. The highest BCUT2D eigenvalue weighted by molar-refractivity contribution is 5.11. The molecule has 1 heterocycles. The van der Waals surface area contributed by atoms with Gasteiger partial charge in [-0.25, -0.2) is 8.78 Å². The fourth-order valence-electron chi connectivity index (χ4n) is 2.42. The van der Waals surface area contributed by atoms with E-state index in [-0.39, 0.29) is 12.3 Å². The highest BCUT2D eigenvalue weighted by Crippen LogP contribution is 2.38. The van der Waals surface area contributed by atoms with Crippen molar-refractivity contribution in [2.24, 2.45) is 7.05 Å². The Hall–Kier alpha value is -0.970. The lowest BCUT2D eigenvalue weighted by molar-refractivity contribution is -0.0457. The summed E-state index contributed by atoms with van der Waals surface area (Å²) in [5, 5.41) is 13.9. The number of aryl methyl sites for hydroxylation is 1. The van der Waals surface area contributed by atoms with Gasteiger partial charge in [-0.3, -0.25) is 4.68 Å². The predicted octanol–water partition coefficient (Wildman–Crippen LogP) is 2.07. The molecule has 3 nitrogen and oxygen atoms in total. The van der Waals surface area contributed by atoms with Gasteiger partial charge in [0.25, 0.3) is 5.92 Å². The van der Waals surface area contributed by atoms with Gasteiger partial charge in [0.05, 0.1) is 6.10 Å². The van der Waals surface area contributed by atoms with E-state index in [1.165, 1.54) is 0 Å². The summed E-state index contributed by atoms with van der Waals surface area (Å²) in [6.45, 7) is 0. The van der Waals surface area contributed by atoms with Crippen LogP contribution in [0.5, 0.6) is 0 Å². The molecule has 5 heteroatoms. The van der Waals surface area contributed by atoms with Crippen LogP contribution >= 0.6 is 0 Å². The van der Waals surface area contributed by atoms with Crippen LogP contribution in [0.4, 0.5) is 8.78 Å². The highest BCUT2D eigenvalue weighted by Gasteiger charge is 2.39. The van der Waals surface area contributed by atoms with Crippen LogP contribution in [0, 0.1) is 0 Å². The number of hydrogen-bond donors (Lipinski definition) is 1. The largest absolute Gasteiger partial charge is 0.392 e. The van der Waals surface area contributed by atoms with Gasteiger partial charge in [-0.15, -0.1) is 0 Å². The molecule has 90 valence electrons. The fourth-order valence-corrected chi connectivity index (χ4v) is 2.42. The van der Waals surface area contributed by atoms with Crippen molar-refractivity contribution in [2.45, 2.75) is 43.6 Å². The molecule has 1 aliphatic carbocycles. The summed E-state index contributed by atoms with van der Waals surface area (Å²) >= 11 is 0. The molecule has 2 unspecified atom stereocenters. The molecule has 16 heavy (non-hydrogen) atoms. The van der Waals surface area contributed by atoms with E-state index in [4.69, 9.17) is 0 Å². The zero-order valence-corrected chi connectivity index (χ0v) is 9.24. The summed E-state index contributed by atoms with van der Waals surface area (Å²) in [7, 11) is 1.77. The van der Waals surface area contributed by atoms with Crippen LogP contribution in [-0.4, -0.2) is 26.9 Å². The molecule has 0 aliphatic heterocycles. The van der Waals surface area contributed by atoms with Gasteiger partial charge in [0.2, 0.25) is 0 Å². The van der Waals surface area contributed by atoms with Gasteiger partial charge in [-0.1, -0.05) is 0 Å². The quantitative estimate of drug-likeness (QED) is 0.750. The number of nitrogens with zero attached hydrogens (tertiary/aromatic N) is 2. The Bertz CT molecular complexity index is 365. The highest BCUT2D eigenvalue weighted by atomic mass is 19.3. The van der Waals surface area contributed by atoms with Gasteiger partial charge in [0, 0.05) is 37.7 Å². The third kappa shape index (κ3) is 2.24. The maximum Gasteiger partial charge on any atom is 0.250 e. The lowest BCUT2D eigenvalue weighted by Gasteiger charge is -2.22. The molecule has 0 saturated heterocycles. The molecule has 0 spiro atoms. The number of aromatic nitrogens is 2. The Labute approximate surface area is 93.1 Å². The molecule has 0 aromatic carbocycles. The van der Waals surface area contributed by atoms with Gasteiger partial charge >= 0.3 is 0 Å². The maximum atomic E-state index is 13.2. The average Bonchev–Trinajstić information content (AvgIpc) is 2.52. The molecule has 2 atom stereocenters. The van der Waals surface area contributed by atoms with Crippen LogP contribution in [-0.2, 0) is 7.05 Å². The normalized spacial score (nSPS) is 30.0. The first-order chi connectivity index (χ1) is 7.49. The van der Waals surface area contributed by atoms with Crippen molar-refractivity contribution in [3.8, 4) is 0 Å². The molecule has 1 aliphatic rings. The Balaban J connectivity index is 2.20. The Morgan fingerprint density at radius 2 is 2.31 bits per heavy atom. The number of rotatable bonds is 1. The van der Waals surface area contributed by atoms with Crippen LogP contribution < -0.4 is 0 Å². The molecule has 1 aromatic rings. The van der Waals surface area contributed by atoms with Crippen molar-refractivity contribution in [1.29, 1.82) is 0 Å². The zero-order chi connectivity index (χ0) is 11.8. The number of aliphatic hydroxyl groups is 1. The Morgan fingerprint density at radius 1 is 1.56 bits per heavy atom. The zero-order valence-electron chi connectivity index (χ0n) is 9.24. The van der Waals surface area contributed by atoms with Gasteiger partial charge in [-0.2, -0.15) is 5.10 Å². The second-order valence-corrected chi connectivity index (χ2v) is 4.51. The third-order valence-corrected chi connectivity index (χ3v) is 3.27. The number of aliphatic hydroxyl groups excluding tert-OH is 1. The van der Waals surface area contributed by atoms with Crippen molar-refractivity contribution in [2.75, 3.05) is 0 Å². The van der Waals surface area contributed by atoms with Crippen LogP contribution in [0.1, 0.15) is 37.3 Å². The topological polar surface area (TPSA) is 38.0 Å². The van der Waals surface area contributed by atoms with E-state index in [2.05, 4.69) is 5.10 Å². The average molecular weight is 230 g/mol. The molecule has 0 bridgehead atoms. The minimum absolute atomic E-state index is 0.127. The minimum atomic E-state index is -2.73. The van der Waals surface area contributed by atoms with E-state index >= 15 is 0 Å². The molecular weight excluding hydrogens is 214 g/mol. The predicted molar refractivity (Wildman–Crippen MR) is 55.4 cm³/mol. The minimum Gasteiger partial charge on any atom is -0.392 e. The maximum absolute atomic E-state index is 13.2. The van der Waals surface area contributed by atoms with E-state index in [9.17, 15) is 13.9 Å². The summed E-state index contributed by atoms with van der Waals surface area (Å²) in [6, 6.07) is 1.79. The molecule has 1 saturated carbocycles. The van der Waals surface area contributed by atoms with Crippen LogP contribution in [0.15, 0.2) is 12.3 Å². The van der Waals surface area contributed by atoms with Crippen LogP contribution in [0.2, 0.25) is 0 Å². The number of halogens is 2. The number of alkyl halides is 2. The van der Waals surface area contributed by atoms with E-state index in [1.807, 2.05) is 0 Å². The van der Waals surface area contributed by atoms with Gasteiger partial charge < -0.3 is 5.11 Å². The smallest absolute Gasteiger partial charge is 0.250 e. The van der Waals surface area contributed by atoms with Crippen molar-refractivity contribution in [3.05, 3.63) is 18.0 Å². The third-order valence-electron chi connectivity index (χ3n) is 3.27. The SMILES string of the molecule is Cn1nccc1C1CCCC(F)(F)CC1O. The van der Waals surface area contributed by atoms with Crippen molar-refractivity contribution in [1.82, 2.24) is 9.78 Å². The second kappa shape index (κ2) is 4.13. The monoisotopic (exact) mass is 230 g/mol. The molecule has 1 fully saturated rings. The second-order valence-electron chi connectivity index (χ2n) is 4.51. The molecule has 1 aromatic heterocycles. The van der Waals surface area contributed by atoms with Crippen molar-refractivity contribution < 1.29 is 13.9 Å². The lowest BCUT2D eigenvalue weighted by Crippen LogP contribution is -2.26. The van der Waals surface area contributed by atoms with Crippen molar-refractivity contribution >= 4 is 0 Å². The first kappa shape index (κ1) is 11.5. The molecule has 2 rings (SSSR count). The van der Waals surface area contributed by atoms with Gasteiger partial charge in [0.15, 0.2) is 0 Å². The molecule has 1 N–H and O–H groups in total. The summed E-state index contributed by atoms with van der Waals surface area (Å²) in [5.74, 6) is -2.95. The first-order valence-electron chi connectivity index (χ1n) is 5.53. The fraction of sp³-hybridized carbons (Fsp3) is 0.727. The summed E-state index contributed by atoms with van der Waals surface area (Å²) in [4.78, 5) is 0. The molecular formula is C11H16F2N2O. The summed E-state index contributed by atoms with van der Waals surface area (Å²) in [6.07, 6.45) is 1.12. The van der Waals surface area contributed by atoms with Crippen LogP contribution in [0.3, 0.4) is 0 Å². The summed E-state index contributed by atoms with van der Waals surface area (Å²) < 4.78 is 28.1. The van der Waals surface area contributed by atoms with E-state index in [0.717, 1.165) is 5.69 Å². The van der Waals surface area contributed by atoms with E-state index < -0.39 is 18.4 Å². The van der Waals surface area contributed by atoms with E-state index in [0.29, 0.717) is 12.8 Å². The Morgan fingerprint density at radius 3 is 2.94 bits per heavy atom. The van der Waals surface area contributed by atoms with Gasteiger partial charge in [0.1, 0.15) is 0 Å². The van der Waals surface area contributed by atoms with Gasteiger partial charge in [-0.05, 0) is 18.9 Å². The summed E-state index contributed by atoms with van der Waals surface area (Å²) in [5.41, 5.74) is 0.838. The van der Waals surface area contributed by atoms with Crippen LogP contribution in [0.25, 0.3) is 0 Å². The van der Waals surface area contributed by atoms with E-state index in [1.54, 1.807) is 24.0 Å². The molecule has 0 amide bonds.